The van der Waals surface area contributed by atoms with Gasteiger partial charge in [0, 0.05) is 5.75 Å². The van der Waals surface area contributed by atoms with Crippen molar-refractivity contribution in [2.75, 3.05) is 5.75 Å². The molecule has 0 aliphatic carbocycles. The minimum Gasteiger partial charge on any atom is -0.480 e. The van der Waals surface area contributed by atoms with Gasteiger partial charge in [-0.2, -0.15) is 0 Å². The first-order valence-electron chi connectivity index (χ1n) is 5.64. The number of carbonyl (C=O) groups is 2. The van der Waals surface area contributed by atoms with Gasteiger partial charge in [-0.1, -0.05) is 30.3 Å². The maximum absolute atomic E-state index is 11.8. The van der Waals surface area contributed by atoms with Gasteiger partial charge in [0.2, 0.25) is 0 Å². The normalized spacial score (nSPS) is 11.9. The Hall–Kier alpha value is -1.34. The van der Waals surface area contributed by atoms with E-state index in [4.69, 9.17) is 16.7 Å². The number of carbonyl (C=O) groups excluding carboxylic acids is 1. The van der Waals surface area contributed by atoms with Crippen molar-refractivity contribution < 1.29 is 14.7 Å². The van der Waals surface area contributed by atoms with Crippen LogP contribution in [-0.4, -0.2) is 38.7 Å². The number of amides is 1. The van der Waals surface area contributed by atoms with E-state index in [2.05, 4.69) is 15.3 Å². The summed E-state index contributed by atoms with van der Waals surface area (Å²) < 4.78 is 0. The Kier molecular flexibility index (Phi) is 6.04. The molecule has 2 N–H and O–H groups in total. The zero-order valence-electron chi connectivity index (χ0n) is 10.5. The summed E-state index contributed by atoms with van der Waals surface area (Å²) in [7, 11) is 0. The lowest BCUT2D eigenvalue weighted by Crippen LogP contribution is -2.38. The zero-order chi connectivity index (χ0) is 14.4. The van der Waals surface area contributed by atoms with E-state index < -0.39 is 17.9 Å². The predicted octanol–water partition coefficient (Wildman–Crippen LogP) is 1.84. The summed E-state index contributed by atoms with van der Waals surface area (Å²) in [4.78, 5) is 30.6. The fraction of sp³-hybridized carbons (Fsp3) is 0.455. The molecule has 0 aliphatic rings. The maximum Gasteiger partial charge on any atom is 0.325 e. The first kappa shape index (κ1) is 15.7. The van der Waals surface area contributed by atoms with Crippen molar-refractivity contribution in [2.45, 2.75) is 31.5 Å². The molecule has 1 amide bonds. The van der Waals surface area contributed by atoms with Crippen molar-refractivity contribution in [1.29, 1.82) is 0 Å². The summed E-state index contributed by atoms with van der Waals surface area (Å²) in [5.74, 6) is -0.923. The summed E-state index contributed by atoms with van der Waals surface area (Å²) in [5, 5.41) is 11.6. The lowest BCUT2D eigenvalue weighted by atomic mass is 10.3. The van der Waals surface area contributed by atoms with Crippen molar-refractivity contribution >= 4 is 35.2 Å². The SMILES string of the molecule is CCCSc1ncc(Cl)c(C(=O)NC(C)C(=O)O)n1. The first-order valence-corrected chi connectivity index (χ1v) is 7.01. The second kappa shape index (κ2) is 7.30. The molecular weight excluding hydrogens is 290 g/mol. The van der Waals surface area contributed by atoms with Crippen LogP contribution in [0.2, 0.25) is 5.02 Å². The molecule has 0 bridgehead atoms. The number of carboxylic acids is 1. The standard InChI is InChI=1S/C11H14ClN3O3S/c1-3-4-19-11-13-5-7(12)8(15-11)9(16)14-6(2)10(17)18/h5-6H,3-4H2,1-2H3,(H,14,16)(H,17,18). The molecule has 0 saturated heterocycles. The van der Waals surface area contributed by atoms with Crippen LogP contribution in [0.5, 0.6) is 0 Å². The number of rotatable bonds is 6. The van der Waals surface area contributed by atoms with Crippen molar-refractivity contribution in [3.63, 3.8) is 0 Å². The van der Waals surface area contributed by atoms with Gasteiger partial charge in [-0.15, -0.1) is 0 Å². The maximum atomic E-state index is 11.8. The quantitative estimate of drug-likeness (QED) is 0.615. The molecule has 0 spiro atoms. The molecule has 1 unspecified atom stereocenters. The smallest absolute Gasteiger partial charge is 0.325 e. The molecule has 1 aromatic heterocycles. The van der Waals surface area contributed by atoms with Crippen LogP contribution in [0.1, 0.15) is 30.8 Å². The number of carboxylic acid groups (broad SMARTS) is 1. The second-order valence-corrected chi connectivity index (χ2v) is 5.20. The van der Waals surface area contributed by atoms with Gasteiger partial charge in [-0.25, -0.2) is 9.97 Å². The summed E-state index contributed by atoms with van der Waals surface area (Å²) in [6, 6.07) is -1.01. The van der Waals surface area contributed by atoms with Crippen LogP contribution in [0.25, 0.3) is 0 Å². The van der Waals surface area contributed by atoms with Crippen LogP contribution in [0.3, 0.4) is 0 Å². The number of hydrogen-bond acceptors (Lipinski definition) is 5. The highest BCUT2D eigenvalue weighted by Crippen LogP contribution is 2.18. The van der Waals surface area contributed by atoms with Gasteiger partial charge in [-0.05, 0) is 13.3 Å². The van der Waals surface area contributed by atoms with Gasteiger partial charge in [0.1, 0.15) is 6.04 Å². The van der Waals surface area contributed by atoms with Crippen molar-refractivity contribution in [3.05, 3.63) is 16.9 Å². The van der Waals surface area contributed by atoms with Crippen LogP contribution in [0.15, 0.2) is 11.4 Å². The molecule has 1 rings (SSSR count). The lowest BCUT2D eigenvalue weighted by molar-refractivity contribution is -0.138. The fourth-order valence-electron chi connectivity index (χ4n) is 1.10. The summed E-state index contributed by atoms with van der Waals surface area (Å²) in [5.41, 5.74) is -0.0108. The van der Waals surface area contributed by atoms with Crippen LogP contribution in [0.4, 0.5) is 0 Å². The van der Waals surface area contributed by atoms with E-state index >= 15 is 0 Å². The summed E-state index contributed by atoms with van der Waals surface area (Å²) in [6.07, 6.45) is 2.29. The van der Waals surface area contributed by atoms with Gasteiger partial charge in [-0.3, -0.25) is 9.59 Å². The van der Waals surface area contributed by atoms with Crippen LogP contribution < -0.4 is 5.32 Å². The third-order valence-corrected chi connectivity index (χ3v) is 3.43. The Morgan fingerprint density at radius 1 is 1.58 bits per heavy atom. The molecule has 8 heteroatoms. The van der Waals surface area contributed by atoms with E-state index in [1.54, 1.807) is 0 Å². The second-order valence-electron chi connectivity index (χ2n) is 3.73. The Bertz CT molecular complexity index is 484. The Morgan fingerprint density at radius 2 is 2.26 bits per heavy atom. The summed E-state index contributed by atoms with van der Waals surface area (Å²) in [6.45, 7) is 3.38. The Morgan fingerprint density at radius 3 is 2.84 bits per heavy atom. The number of halogens is 1. The average Bonchev–Trinajstić information content (AvgIpc) is 2.37. The lowest BCUT2D eigenvalue weighted by Gasteiger charge is -2.10. The highest BCUT2D eigenvalue weighted by atomic mass is 35.5. The molecule has 6 nitrogen and oxygen atoms in total. The number of hydrogen-bond donors (Lipinski definition) is 2. The predicted molar refractivity (Wildman–Crippen MR) is 72.6 cm³/mol. The minimum absolute atomic E-state index is 0.0108. The highest BCUT2D eigenvalue weighted by molar-refractivity contribution is 7.99. The molecule has 1 heterocycles. The van der Waals surface area contributed by atoms with E-state index in [1.807, 2.05) is 6.92 Å². The molecule has 1 aromatic rings. The molecule has 0 radical (unpaired) electrons. The first-order chi connectivity index (χ1) is 8.95. The molecule has 0 aliphatic heterocycles. The van der Waals surface area contributed by atoms with Crippen LogP contribution in [0, 0.1) is 0 Å². The molecule has 0 fully saturated rings. The van der Waals surface area contributed by atoms with E-state index in [1.165, 1.54) is 24.9 Å². The fourth-order valence-corrected chi connectivity index (χ4v) is 1.95. The third-order valence-electron chi connectivity index (χ3n) is 2.09. The molecule has 1 atom stereocenters. The van der Waals surface area contributed by atoms with Crippen molar-refractivity contribution in [1.82, 2.24) is 15.3 Å². The minimum atomic E-state index is -1.13. The number of aliphatic carboxylic acids is 1. The zero-order valence-corrected chi connectivity index (χ0v) is 12.1. The van der Waals surface area contributed by atoms with Gasteiger partial charge >= 0.3 is 5.97 Å². The van der Waals surface area contributed by atoms with Gasteiger partial charge in [0.25, 0.3) is 5.91 Å². The van der Waals surface area contributed by atoms with Crippen molar-refractivity contribution in [2.24, 2.45) is 0 Å². The van der Waals surface area contributed by atoms with E-state index in [0.29, 0.717) is 5.16 Å². The van der Waals surface area contributed by atoms with E-state index in [9.17, 15) is 9.59 Å². The molecule has 19 heavy (non-hydrogen) atoms. The Balaban J connectivity index is 2.86. The number of nitrogens with zero attached hydrogens (tertiary/aromatic N) is 2. The van der Waals surface area contributed by atoms with Crippen LogP contribution in [-0.2, 0) is 4.79 Å². The van der Waals surface area contributed by atoms with Crippen molar-refractivity contribution in [3.8, 4) is 0 Å². The number of nitrogens with one attached hydrogen (secondary N) is 1. The molecule has 104 valence electrons. The molecule has 0 aromatic carbocycles. The molecule has 0 saturated carbocycles. The van der Waals surface area contributed by atoms with Crippen LogP contribution >= 0.6 is 23.4 Å². The Labute approximate surface area is 120 Å². The topological polar surface area (TPSA) is 92.2 Å². The summed E-state index contributed by atoms with van der Waals surface area (Å²) >= 11 is 7.25. The highest BCUT2D eigenvalue weighted by Gasteiger charge is 2.19. The van der Waals surface area contributed by atoms with E-state index in [-0.39, 0.29) is 10.7 Å². The number of thioether (sulfide) groups is 1. The van der Waals surface area contributed by atoms with Gasteiger partial charge < -0.3 is 10.4 Å². The van der Waals surface area contributed by atoms with Gasteiger partial charge in [0.05, 0.1) is 11.2 Å². The largest absolute Gasteiger partial charge is 0.480 e. The molecular formula is C11H14ClN3O3S. The van der Waals surface area contributed by atoms with E-state index in [0.717, 1.165) is 12.2 Å². The van der Waals surface area contributed by atoms with Gasteiger partial charge in [0.15, 0.2) is 10.9 Å². The monoisotopic (exact) mass is 303 g/mol. The average molecular weight is 304 g/mol. The number of aromatic nitrogens is 2. The third kappa shape index (κ3) is 4.68.